The average molecular weight is 232 g/mol. The topological polar surface area (TPSA) is 66.8 Å². The Hall–Kier alpha value is -0.610. The van der Waals surface area contributed by atoms with Crippen molar-refractivity contribution in [2.24, 2.45) is 0 Å². The molecule has 0 aliphatic rings. The minimum Gasteiger partial charge on any atom is -0.469 e. The Labute approximate surface area is 97.6 Å². The van der Waals surface area contributed by atoms with E-state index in [0.29, 0.717) is 12.8 Å². The van der Waals surface area contributed by atoms with Gasteiger partial charge < -0.3 is 14.9 Å². The van der Waals surface area contributed by atoms with Crippen molar-refractivity contribution in [2.45, 2.75) is 57.5 Å². The fourth-order valence-corrected chi connectivity index (χ4v) is 1.55. The van der Waals surface area contributed by atoms with Crippen LogP contribution in [0.2, 0.25) is 0 Å². The molecule has 1 atom stereocenters. The van der Waals surface area contributed by atoms with E-state index in [1.165, 1.54) is 7.11 Å². The van der Waals surface area contributed by atoms with Gasteiger partial charge in [-0.25, -0.2) is 0 Å². The lowest BCUT2D eigenvalue weighted by Crippen LogP contribution is -2.10. The lowest BCUT2D eigenvalue weighted by atomic mass is 10.1. The third kappa shape index (κ3) is 9.93. The summed E-state index contributed by atoms with van der Waals surface area (Å²) in [6.07, 6.45) is 6.86. The van der Waals surface area contributed by atoms with Crippen molar-refractivity contribution in [3.8, 4) is 0 Å². The van der Waals surface area contributed by atoms with Crippen LogP contribution in [0.3, 0.4) is 0 Å². The molecule has 0 aromatic carbocycles. The van der Waals surface area contributed by atoms with E-state index < -0.39 is 6.10 Å². The number of aliphatic hydroxyl groups is 2. The van der Waals surface area contributed by atoms with Crippen LogP contribution in [-0.4, -0.2) is 36.0 Å². The smallest absolute Gasteiger partial charge is 0.305 e. The molecule has 0 aromatic heterocycles. The van der Waals surface area contributed by atoms with Crippen molar-refractivity contribution in [2.75, 3.05) is 13.7 Å². The van der Waals surface area contributed by atoms with Gasteiger partial charge in [-0.05, 0) is 12.8 Å². The maximum absolute atomic E-state index is 10.8. The van der Waals surface area contributed by atoms with Gasteiger partial charge in [-0.15, -0.1) is 0 Å². The summed E-state index contributed by atoms with van der Waals surface area (Å²) < 4.78 is 4.54. The Balaban J connectivity index is 3.07. The standard InChI is InChI=1S/C12H24O4/c1-16-12(15)9-7-5-3-2-4-6-8-11(14)10-13/h11,13-14H,2-10H2,1H3. The zero-order valence-corrected chi connectivity index (χ0v) is 10.2. The van der Waals surface area contributed by atoms with Crippen molar-refractivity contribution in [1.82, 2.24) is 0 Å². The number of rotatable bonds is 10. The Kier molecular flexibility index (Phi) is 10.5. The SMILES string of the molecule is COC(=O)CCCCCCCCC(O)CO. The van der Waals surface area contributed by atoms with Gasteiger partial charge in [-0.2, -0.15) is 0 Å². The minimum absolute atomic E-state index is 0.133. The summed E-state index contributed by atoms with van der Waals surface area (Å²) in [5, 5.41) is 17.7. The van der Waals surface area contributed by atoms with Gasteiger partial charge in [0.05, 0.1) is 19.8 Å². The van der Waals surface area contributed by atoms with Crippen molar-refractivity contribution < 1.29 is 19.7 Å². The van der Waals surface area contributed by atoms with E-state index in [0.717, 1.165) is 38.5 Å². The monoisotopic (exact) mass is 232 g/mol. The molecule has 0 spiro atoms. The van der Waals surface area contributed by atoms with Crippen LogP contribution in [0.1, 0.15) is 51.4 Å². The molecule has 0 saturated carbocycles. The van der Waals surface area contributed by atoms with Gasteiger partial charge in [0, 0.05) is 6.42 Å². The molecule has 0 aliphatic carbocycles. The Bertz CT molecular complexity index is 170. The normalized spacial score (nSPS) is 12.4. The average Bonchev–Trinajstić information content (AvgIpc) is 2.31. The second-order valence-electron chi connectivity index (χ2n) is 4.07. The van der Waals surface area contributed by atoms with Gasteiger partial charge >= 0.3 is 5.97 Å². The quantitative estimate of drug-likeness (QED) is 0.444. The highest BCUT2D eigenvalue weighted by Crippen LogP contribution is 2.09. The summed E-state index contributed by atoms with van der Waals surface area (Å²) in [6.45, 7) is -0.140. The molecule has 0 heterocycles. The predicted molar refractivity (Wildman–Crippen MR) is 62.0 cm³/mol. The van der Waals surface area contributed by atoms with Gasteiger partial charge in [0.2, 0.25) is 0 Å². The van der Waals surface area contributed by atoms with E-state index in [1.54, 1.807) is 0 Å². The van der Waals surface area contributed by atoms with Crippen LogP contribution in [0.15, 0.2) is 0 Å². The number of aliphatic hydroxyl groups excluding tert-OH is 2. The number of hydrogen-bond acceptors (Lipinski definition) is 4. The second kappa shape index (κ2) is 10.9. The van der Waals surface area contributed by atoms with E-state index >= 15 is 0 Å². The van der Waals surface area contributed by atoms with E-state index in [1.807, 2.05) is 0 Å². The van der Waals surface area contributed by atoms with E-state index in [-0.39, 0.29) is 12.6 Å². The molecule has 16 heavy (non-hydrogen) atoms. The van der Waals surface area contributed by atoms with Gasteiger partial charge in [-0.1, -0.05) is 32.1 Å². The maximum atomic E-state index is 10.8. The molecule has 2 N–H and O–H groups in total. The third-order valence-electron chi connectivity index (χ3n) is 2.61. The van der Waals surface area contributed by atoms with E-state index in [4.69, 9.17) is 10.2 Å². The minimum atomic E-state index is -0.556. The van der Waals surface area contributed by atoms with Gasteiger partial charge in [0.25, 0.3) is 0 Å². The largest absolute Gasteiger partial charge is 0.469 e. The summed E-state index contributed by atoms with van der Waals surface area (Å²) in [7, 11) is 1.41. The molecule has 0 aliphatic heterocycles. The molecule has 0 fully saturated rings. The highest BCUT2D eigenvalue weighted by molar-refractivity contribution is 5.68. The predicted octanol–water partition coefficient (Wildman–Crippen LogP) is 1.63. The maximum Gasteiger partial charge on any atom is 0.305 e. The molecule has 0 rings (SSSR count). The Morgan fingerprint density at radius 2 is 1.69 bits per heavy atom. The summed E-state index contributed by atoms with van der Waals surface area (Å²) in [5.74, 6) is -0.133. The van der Waals surface area contributed by atoms with Gasteiger partial charge in [0.1, 0.15) is 0 Å². The molecule has 96 valence electrons. The van der Waals surface area contributed by atoms with Crippen LogP contribution >= 0.6 is 0 Å². The molecule has 4 nitrogen and oxygen atoms in total. The highest BCUT2D eigenvalue weighted by atomic mass is 16.5. The first-order chi connectivity index (χ1) is 7.70. The molecule has 0 amide bonds. The molecule has 1 unspecified atom stereocenters. The molecule has 4 heteroatoms. The first kappa shape index (κ1) is 15.4. The highest BCUT2D eigenvalue weighted by Gasteiger charge is 2.01. The molecule has 0 saturated heterocycles. The zero-order valence-electron chi connectivity index (χ0n) is 10.2. The lowest BCUT2D eigenvalue weighted by Gasteiger charge is -2.06. The van der Waals surface area contributed by atoms with Crippen molar-refractivity contribution >= 4 is 5.97 Å². The fourth-order valence-electron chi connectivity index (χ4n) is 1.55. The van der Waals surface area contributed by atoms with Crippen LogP contribution in [0.4, 0.5) is 0 Å². The number of ether oxygens (including phenoxy) is 1. The van der Waals surface area contributed by atoms with Gasteiger partial charge in [0.15, 0.2) is 0 Å². The van der Waals surface area contributed by atoms with Crippen LogP contribution in [-0.2, 0) is 9.53 Å². The van der Waals surface area contributed by atoms with Crippen molar-refractivity contribution in [3.63, 3.8) is 0 Å². The summed E-state index contributed by atoms with van der Waals surface area (Å²) >= 11 is 0. The zero-order chi connectivity index (χ0) is 12.2. The Morgan fingerprint density at radius 3 is 2.25 bits per heavy atom. The van der Waals surface area contributed by atoms with Crippen LogP contribution in [0.25, 0.3) is 0 Å². The third-order valence-corrected chi connectivity index (χ3v) is 2.61. The first-order valence-electron chi connectivity index (χ1n) is 6.06. The molecular weight excluding hydrogens is 208 g/mol. The summed E-state index contributed by atoms with van der Waals surface area (Å²) in [5.41, 5.74) is 0. The van der Waals surface area contributed by atoms with Crippen LogP contribution in [0, 0.1) is 0 Å². The summed E-state index contributed by atoms with van der Waals surface area (Å²) in [4.78, 5) is 10.8. The van der Waals surface area contributed by atoms with E-state index in [2.05, 4.69) is 4.74 Å². The molecule has 0 aromatic rings. The fraction of sp³-hybridized carbons (Fsp3) is 0.917. The first-order valence-corrected chi connectivity index (χ1v) is 6.06. The lowest BCUT2D eigenvalue weighted by molar-refractivity contribution is -0.140. The number of carbonyl (C=O) groups is 1. The second-order valence-corrected chi connectivity index (χ2v) is 4.07. The molecule has 0 bridgehead atoms. The number of hydrogen-bond donors (Lipinski definition) is 2. The number of carbonyl (C=O) groups excluding carboxylic acids is 1. The molecular formula is C12H24O4. The van der Waals surface area contributed by atoms with Crippen molar-refractivity contribution in [3.05, 3.63) is 0 Å². The number of unbranched alkanes of at least 4 members (excludes halogenated alkanes) is 5. The van der Waals surface area contributed by atoms with Crippen molar-refractivity contribution in [1.29, 1.82) is 0 Å². The Morgan fingerprint density at radius 1 is 1.12 bits per heavy atom. The number of esters is 1. The van der Waals surface area contributed by atoms with Crippen LogP contribution < -0.4 is 0 Å². The van der Waals surface area contributed by atoms with Gasteiger partial charge in [-0.3, -0.25) is 4.79 Å². The molecule has 0 radical (unpaired) electrons. The number of methoxy groups -OCH3 is 1. The van der Waals surface area contributed by atoms with Crippen LogP contribution in [0.5, 0.6) is 0 Å². The van der Waals surface area contributed by atoms with E-state index in [9.17, 15) is 4.79 Å². The summed E-state index contributed by atoms with van der Waals surface area (Å²) in [6, 6.07) is 0.